The second-order valence-electron chi connectivity index (χ2n) is 11.5. The smallest absolute Gasteiger partial charge is 0.410 e. The summed E-state index contributed by atoms with van der Waals surface area (Å²) in [5.41, 5.74) is 1.92. The van der Waals surface area contributed by atoms with E-state index in [2.05, 4.69) is 15.3 Å². The topological polar surface area (TPSA) is 104 Å². The number of hydrogen-bond donors (Lipinski definition) is 1. The van der Waals surface area contributed by atoms with Gasteiger partial charge in [0.1, 0.15) is 28.9 Å². The number of para-hydroxylation sites is 1. The summed E-state index contributed by atoms with van der Waals surface area (Å²) in [4.78, 5) is 37.8. The molecule has 220 valence electrons. The molecule has 0 bridgehead atoms. The van der Waals surface area contributed by atoms with Crippen molar-refractivity contribution in [3.8, 4) is 17.2 Å². The number of hydrogen-bond acceptors (Lipinski definition) is 7. The third-order valence-corrected chi connectivity index (χ3v) is 7.21. The molecule has 0 radical (unpaired) electrons. The molecule has 1 aliphatic heterocycles. The lowest BCUT2D eigenvalue weighted by Crippen LogP contribution is -2.36. The number of nitrogens with zero attached hydrogens (tertiary/aromatic N) is 5. The van der Waals surface area contributed by atoms with Gasteiger partial charge in [-0.2, -0.15) is 0 Å². The third kappa shape index (κ3) is 6.08. The van der Waals surface area contributed by atoms with Crippen molar-refractivity contribution >= 4 is 23.1 Å². The van der Waals surface area contributed by atoms with Crippen molar-refractivity contribution in [2.75, 3.05) is 18.4 Å². The standard InChI is InChI=1S/C33H34N6O4/c1-33(2,3)43-32(41)37-19-18-25(21-37)39-30-28(29(35-22-36-30)34-20-23-10-6-4-7-11-23)38(31(39)40)24-14-16-27(17-15-24)42-26-12-8-5-9-13-26/h4-17,22,25H,18-21H2,1-3H3,(H,34,35,36). The maximum Gasteiger partial charge on any atom is 0.410 e. The minimum Gasteiger partial charge on any atom is -0.457 e. The van der Waals surface area contributed by atoms with Crippen molar-refractivity contribution in [2.24, 2.45) is 0 Å². The second-order valence-corrected chi connectivity index (χ2v) is 11.5. The molecule has 1 atom stereocenters. The van der Waals surface area contributed by atoms with Crippen molar-refractivity contribution in [2.45, 2.75) is 45.4 Å². The predicted molar refractivity (Wildman–Crippen MR) is 165 cm³/mol. The van der Waals surface area contributed by atoms with Crippen molar-refractivity contribution in [3.63, 3.8) is 0 Å². The molecule has 43 heavy (non-hydrogen) atoms. The fourth-order valence-electron chi connectivity index (χ4n) is 5.26. The van der Waals surface area contributed by atoms with Crippen LogP contribution in [0.25, 0.3) is 16.9 Å². The lowest BCUT2D eigenvalue weighted by atomic mass is 10.2. The summed E-state index contributed by atoms with van der Waals surface area (Å²) < 4.78 is 14.9. The lowest BCUT2D eigenvalue weighted by molar-refractivity contribution is 0.0289. The molecule has 10 heteroatoms. The molecule has 1 amide bonds. The van der Waals surface area contributed by atoms with Gasteiger partial charge in [0.05, 0.1) is 11.7 Å². The molecule has 6 rings (SSSR count). The van der Waals surface area contributed by atoms with Crippen LogP contribution in [0.3, 0.4) is 0 Å². The molecule has 3 aromatic carbocycles. The monoisotopic (exact) mass is 578 g/mol. The molecule has 2 aromatic heterocycles. The summed E-state index contributed by atoms with van der Waals surface area (Å²) in [6.07, 6.45) is 1.67. The molecule has 1 unspecified atom stereocenters. The van der Waals surface area contributed by atoms with Gasteiger partial charge < -0.3 is 19.7 Å². The third-order valence-electron chi connectivity index (χ3n) is 7.21. The van der Waals surface area contributed by atoms with E-state index in [-0.39, 0.29) is 17.8 Å². The van der Waals surface area contributed by atoms with Gasteiger partial charge in [-0.15, -0.1) is 0 Å². The minimum atomic E-state index is -0.606. The molecule has 1 saturated heterocycles. The molecule has 5 aromatic rings. The number of aromatic nitrogens is 4. The van der Waals surface area contributed by atoms with Crippen LogP contribution >= 0.6 is 0 Å². The SMILES string of the molecule is CC(C)(C)OC(=O)N1CCC(n2c(=O)n(-c3ccc(Oc4ccccc4)cc3)c3c(NCc4ccccc4)ncnc32)C1. The highest BCUT2D eigenvalue weighted by molar-refractivity contribution is 5.85. The number of benzene rings is 3. The molecule has 1 N–H and O–H groups in total. The number of likely N-dealkylation sites (tertiary alicyclic amines) is 1. The molecule has 3 heterocycles. The first-order valence-electron chi connectivity index (χ1n) is 14.3. The molecule has 1 fully saturated rings. The van der Waals surface area contributed by atoms with Crippen LogP contribution in [0.15, 0.2) is 96.1 Å². The Morgan fingerprint density at radius 3 is 2.30 bits per heavy atom. The summed E-state index contributed by atoms with van der Waals surface area (Å²) >= 11 is 0. The summed E-state index contributed by atoms with van der Waals surface area (Å²) in [5.74, 6) is 1.91. The number of carbonyl (C=O) groups excluding carboxylic acids is 1. The zero-order chi connectivity index (χ0) is 30.0. The number of anilines is 1. The van der Waals surface area contributed by atoms with E-state index < -0.39 is 5.60 Å². The fourth-order valence-corrected chi connectivity index (χ4v) is 5.26. The Bertz CT molecular complexity index is 1780. The van der Waals surface area contributed by atoms with Gasteiger partial charge >= 0.3 is 11.8 Å². The highest BCUT2D eigenvalue weighted by atomic mass is 16.6. The van der Waals surface area contributed by atoms with Gasteiger partial charge in [0.25, 0.3) is 0 Å². The van der Waals surface area contributed by atoms with Crippen LogP contribution in [-0.4, -0.2) is 48.8 Å². The Labute approximate surface area is 249 Å². The summed E-state index contributed by atoms with van der Waals surface area (Å²) in [7, 11) is 0. The Kier molecular flexibility index (Phi) is 7.58. The van der Waals surface area contributed by atoms with E-state index in [0.717, 1.165) is 11.3 Å². The first-order chi connectivity index (χ1) is 20.8. The summed E-state index contributed by atoms with van der Waals surface area (Å²) in [5, 5.41) is 3.41. The van der Waals surface area contributed by atoms with E-state index in [1.165, 1.54) is 6.33 Å². The molecule has 10 nitrogen and oxygen atoms in total. The zero-order valence-electron chi connectivity index (χ0n) is 24.4. The van der Waals surface area contributed by atoms with E-state index in [0.29, 0.717) is 54.5 Å². The number of amides is 1. The average Bonchev–Trinajstić information content (AvgIpc) is 3.59. The number of fused-ring (bicyclic) bond motifs is 1. The van der Waals surface area contributed by atoms with Crippen LogP contribution < -0.4 is 15.7 Å². The molecule has 0 aliphatic carbocycles. The van der Waals surface area contributed by atoms with Gasteiger partial charge in [0.2, 0.25) is 0 Å². The van der Waals surface area contributed by atoms with E-state index in [4.69, 9.17) is 9.47 Å². The van der Waals surface area contributed by atoms with E-state index in [1.54, 1.807) is 14.0 Å². The highest BCUT2D eigenvalue weighted by Crippen LogP contribution is 2.30. The quantitative estimate of drug-likeness (QED) is 0.246. The maximum absolute atomic E-state index is 14.2. The van der Waals surface area contributed by atoms with E-state index >= 15 is 0 Å². The van der Waals surface area contributed by atoms with Gasteiger partial charge in [-0.3, -0.25) is 9.13 Å². The number of rotatable bonds is 7. The average molecular weight is 579 g/mol. The molecule has 0 saturated carbocycles. The lowest BCUT2D eigenvalue weighted by Gasteiger charge is -2.24. The van der Waals surface area contributed by atoms with Gasteiger partial charge in [-0.1, -0.05) is 48.5 Å². The Morgan fingerprint density at radius 1 is 0.930 bits per heavy atom. The Morgan fingerprint density at radius 2 is 1.60 bits per heavy atom. The van der Waals surface area contributed by atoms with Gasteiger partial charge in [0.15, 0.2) is 11.5 Å². The molecular formula is C33H34N6O4. The Hall–Kier alpha value is -5.12. The van der Waals surface area contributed by atoms with Crippen molar-refractivity contribution in [1.82, 2.24) is 24.0 Å². The number of ether oxygens (including phenoxy) is 2. The van der Waals surface area contributed by atoms with E-state index in [1.807, 2.05) is 106 Å². The first kappa shape index (κ1) is 28.0. The number of carbonyl (C=O) groups is 1. The van der Waals surface area contributed by atoms with E-state index in [9.17, 15) is 9.59 Å². The van der Waals surface area contributed by atoms with Crippen molar-refractivity contribution in [1.29, 1.82) is 0 Å². The van der Waals surface area contributed by atoms with Gasteiger partial charge in [-0.05, 0) is 69.2 Å². The molecular weight excluding hydrogens is 544 g/mol. The minimum absolute atomic E-state index is 0.258. The first-order valence-corrected chi connectivity index (χ1v) is 14.3. The number of nitrogens with one attached hydrogen (secondary N) is 1. The largest absolute Gasteiger partial charge is 0.457 e. The second kappa shape index (κ2) is 11.6. The maximum atomic E-state index is 14.2. The Balaban J connectivity index is 1.39. The normalized spacial score (nSPS) is 15.0. The van der Waals surface area contributed by atoms with Gasteiger partial charge in [0, 0.05) is 19.6 Å². The van der Waals surface area contributed by atoms with Crippen LogP contribution in [-0.2, 0) is 11.3 Å². The van der Waals surface area contributed by atoms with Crippen LogP contribution in [0.1, 0.15) is 38.8 Å². The number of imidazole rings is 1. The summed E-state index contributed by atoms with van der Waals surface area (Å²) in [6.45, 7) is 6.86. The van der Waals surface area contributed by atoms with Gasteiger partial charge in [-0.25, -0.2) is 19.6 Å². The zero-order valence-corrected chi connectivity index (χ0v) is 24.4. The molecule has 1 aliphatic rings. The highest BCUT2D eigenvalue weighted by Gasteiger charge is 2.34. The van der Waals surface area contributed by atoms with Crippen molar-refractivity contribution in [3.05, 3.63) is 107 Å². The predicted octanol–water partition coefficient (Wildman–Crippen LogP) is 6.17. The summed E-state index contributed by atoms with van der Waals surface area (Å²) in [6, 6.07) is 26.6. The van der Waals surface area contributed by atoms with Crippen LogP contribution in [0.4, 0.5) is 10.6 Å². The van der Waals surface area contributed by atoms with Crippen LogP contribution in [0.5, 0.6) is 11.5 Å². The molecule has 0 spiro atoms. The van der Waals surface area contributed by atoms with Crippen LogP contribution in [0.2, 0.25) is 0 Å². The van der Waals surface area contributed by atoms with Crippen molar-refractivity contribution < 1.29 is 14.3 Å². The fraction of sp³-hybridized carbons (Fsp3) is 0.273. The van der Waals surface area contributed by atoms with Crippen LogP contribution in [0, 0.1) is 0 Å².